The van der Waals surface area contributed by atoms with E-state index in [1.807, 2.05) is 30.3 Å². The zero-order valence-corrected chi connectivity index (χ0v) is 12.0. The average Bonchev–Trinajstić information content (AvgIpc) is 3.07. The fourth-order valence-corrected chi connectivity index (χ4v) is 2.25. The molecule has 3 aromatic rings. The van der Waals surface area contributed by atoms with Crippen LogP contribution < -0.4 is 0 Å². The summed E-state index contributed by atoms with van der Waals surface area (Å²) in [6.45, 7) is 0. The quantitative estimate of drug-likeness (QED) is 0.677. The van der Waals surface area contributed by atoms with E-state index < -0.39 is 0 Å². The van der Waals surface area contributed by atoms with Gasteiger partial charge in [-0.25, -0.2) is 4.68 Å². The Labute approximate surface area is 122 Å². The Bertz CT molecular complexity index is 744. The Kier molecular flexibility index (Phi) is 3.15. The van der Waals surface area contributed by atoms with E-state index in [9.17, 15) is 4.79 Å². The second kappa shape index (κ2) is 4.97. The summed E-state index contributed by atoms with van der Waals surface area (Å²) < 4.78 is 1.78. The molecule has 0 radical (unpaired) electrons. The molecule has 0 aliphatic rings. The summed E-state index contributed by atoms with van der Waals surface area (Å²) in [6.07, 6.45) is 1.43. The van der Waals surface area contributed by atoms with Crippen molar-refractivity contribution < 1.29 is 4.79 Å². The van der Waals surface area contributed by atoms with Gasteiger partial charge in [-0.15, -0.1) is 10.2 Å². The zero-order chi connectivity index (χ0) is 14.1. The number of hydrogen-bond donors (Lipinski definition) is 0. The Morgan fingerprint density at radius 3 is 2.65 bits per heavy atom. The monoisotopic (exact) mass is 332 g/mol. The Hall–Kier alpha value is -2.35. The molecule has 0 fully saturated rings. The number of ketones is 1. The number of carbonyl (C=O) groups excluding carboxylic acids is 1. The van der Waals surface area contributed by atoms with E-state index in [1.54, 1.807) is 7.05 Å². The van der Waals surface area contributed by atoms with Gasteiger partial charge >= 0.3 is 0 Å². The molecule has 100 valence electrons. The highest BCUT2D eigenvalue weighted by Gasteiger charge is 2.21. The molecular formula is C12H9BrN6O. The van der Waals surface area contributed by atoms with Gasteiger partial charge in [0, 0.05) is 7.05 Å². The summed E-state index contributed by atoms with van der Waals surface area (Å²) in [7, 11) is 1.65. The maximum absolute atomic E-state index is 12.3. The highest BCUT2D eigenvalue weighted by atomic mass is 79.9. The van der Waals surface area contributed by atoms with E-state index in [0.29, 0.717) is 10.3 Å². The fraction of sp³-hybridized carbons (Fsp3) is 0.0833. The lowest BCUT2D eigenvalue weighted by molar-refractivity contribution is 0.102. The summed E-state index contributed by atoms with van der Waals surface area (Å²) in [5.41, 5.74) is 1.36. The van der Waals surface area contributed by atoms with Crippen LogP contribution in [-0.2, 0) is 7.05 Å². The average molecular weight is 333 g/mol. The maximum Gasteiger partial charge on any atom is 0.235 e. The lowest BCUT2D eigenvalue weighted by Gasteiger charge is -1.98. The van der Waals surface area contributed by atoms with Crippen LogP contribution in [0.15, 0.2) is 41.1 Å². The van der Waals surface area contributed by atoms with Crippen LogP contribution in [0.25, 0.3) is 5.69 Å². The molecule has 0 atom stereocenters. The van der Waals surface area contributed by atoms with Crippen LogP contribution in [0.1, 0.15) is 16.2 Å². The lowest BCUT2D eigenvalue weighted by Crippen LogP contribution is -2.10. The van der Waals surface area contributed by atoms with Gasteiger partial charge < -0.3 is 0 Å². The molecule has 0 saturated heterocycles. The normalized spacial score (nSPS) is 10.7. The van der Waals surface area contributed by atoms with Crippen molar-refractivity contribution in [2.24, 2.45) is 7.05 Å². The smallest absolute Gasteiger partial charge is 0.235 e. The van der Waals surface area contributed by atoms with Gasteiger partial charge in [-0.05, 0) is 28.1 Å². The van der Waals surface area contributed by atoms with E-state index in [1.165, 1.54) is 15.7 Å². The van der Waals surface area contributed by atoms with Gasteiger partial charge in [0.1, 0.15) is 5.69 Å². The second-order valence-corrected chi connectivity index (χ2v) is 4.79. The second-order valence-electron chi connectivity index (χ2n) is 4.04. The molecule has 0 saturated carbocycles. The number of para-hydroxylation sites is 1. The minimum atomic E-state index is -0.286. The molecule has 2 heterocycles. The van der Waals surface area contributed by atoms with Crippen LogP contribution in [0.5, 0.6) is 0 Å². The number of rotatable bonds is 3. The molecule has 0 aliphatic heterocycles. The summed E-state index contributed by atoms with van der Waals surface area (Å²) in [4.78, 5) is 13.8. The van der Waals surface area contributed by atoms with Gasteiger partial charge in [0.2, 0.25) is 5.78 Å². The summed E-state index contributed by atoms with van der Waals surface area (Å²) in [5, 5.41) is 15.8. The number of carbonyl (C=O) groups is 1. The Morgan fingerprint density at radius 2 is 2.00 bits per heavy atom. The first-order valence-electron chi connectivity index (χ1n) is 5.74. The van der Waals surface area contributed by atoms with Crippen molar-refractivity contribution in [2.45, 2.75) is 0 Å². The molecule has 0 amide bonds. The third-order valence-corrected chi connectivity index (χ3v) is 3.25. The molecule has 1 aromatic carbocycles. The van der Waals surface area contributed by atoms with Crippen molar-refractivity contribution in [3.05, 3.63) is 52.5 Å². The minimum Gasteiger partial charge on any atom is -0.285 e. The number of aryl methyl sites for hydroxylation is 1. The molecule has 20 heavy (non-hydrogen) atoms. The van der Waals surface area contributed by atoms with E-state index >= 15 is 0 Å². The molecule has 0 spiro atoms. The topological polar surface area (TPSA) is 78.5 Å². The number of halogens is 1. The van der Waals surface area contributed by atoms with Crippen LogP contribution >= 0.6 is 15.9 Å². The van der Waals surface area contributed by atoms with Crippen LogP contribution in [0.3, 0.4) is 0 Å². The van der Waals surface area contributed by atoms with E-state index in [-0.39, 0.29) is 11.5 Å². The van der Waals surface area contributed by atoms with Gasteiger partial charge in [0.15, 0.2) is 10.3 Å². The standard InChI is InChI=1S/C12H9BrN6O/c1-18-10(12(13)15-17-18)11(20)9-7-14-19(16-9)8-5-3-2-4-6-8/h2-7H,1H3. The Balaban J connectivity index is 1.97. The first-order chi connectivity index (χ1) is 9.66. The molecule has 0 unspecified atom stereocenters. The first kappa shape index (κ1) is 12.7. The van der Waals surface area contributed by atoms with Gasteiger partial charge in [-0.2, -0.15) is 9.90 Å². The summed E-state index contributed by atoms with van der Waals surface area (Å²) in [6, 6.07) is 9.37. The highest BCUT2D eigenvalue weighted by Crippen LogP contribution is 2.15. The van der Waals surface area contributed by atoms with Crippen molar-refractivity contribution in [1.82, 2.24) is 30.0 Å². The number of nitrogens with zero attached hydrogens (tertiary/aromatic N) is 6. The number of hydrogen-bond acceptors (Lipinski definition) is 5. The van der Waals surface area contributed by atoms with Gasteiger partial charge in [0.05, 0.1) is 11.9 Å². The van der Waals surface area contributed by atoms with Gasteiger partial charge in [-0.1, -0.05) is 23.4 Å². The predicted octanol–water partition coefficient (Wildman–Crippen LogP) is 1.39. The number of aromatic nitrogens is 6. The van der Waals surface area contributed by atoms with Crippen molar-refractivity contribution in [2.75, 3.05) is 0 Å². The molecule has 0 aliphatic carbocycles. The molecule has 2 aromatic heterocycles. The third kappa shape index (κ3) is 2.14. The van der Waals surface area contributed by atoms with Crippen LogP contribution in [-0.4, -0.2) is 35.8 Å². The largest absolute Gasteiger partial charge is 0.285 e. The predicted molar refractivity (Wildman–Crippen MR) is 73.5 cm³/mol. The fourth-order valence-electron chi connectivity index (χ4n) is 1.75. The van der Waals surface area contributed by atoms with Crippen molar-refractivity contribution in [3.8, 4) is 5.69 Å². The maximum atomic E-state index is 12.3. The molecule has 0 N–H and O–H groups in total. The van der Waals surface area contributed by atoms with Crippen molar-refractivity contribution in [3.63, 3.8) is 0 Å². The van der Waals surface area contributed by atoms with Gasteiger partial charge in [-0.3, -0.25) is 4.79 Å². The number of benzene rings is 1. The first-order valence-corrected chi connectivity index (χ1v) is 6.54. The molecular weight excluding hydrogens is 324 g/mol. The Morgan fingerprint density at radius 1 is 1.25 bits per heavy atom. The highest BCUT2D eigenvalue weighted by molar-refractivity contribution is 9.10. The summed E-state index contributed by atoms with van der Waals surface area (Å²) in [5.74, 6) is -0.286. The molecule has 3 rings (SSSR count). The van der Waals surface area contributed by atoms with Crippen LogP contribution in [0.4, 0.5) is 0 Å². The zero-order valence-electron chi connectivity index (χ0n) is 10.4. The molecule has 7 nitrogen and oxygen atoms in total. The third-order valence-electron chi connectivity index (χ3n) is 2.71. The summed E-state index contributed by atoms with van der Waals surface area (Å²) >= 11 is 3.20. The van der Waals surface area contributed by atoms with Crippen molar-refractivity contribution in [1.29, 1.82) is 0 Å². The van der Waals surface area contributed by atoms with E-state index in [2.05, 4.69) is 36.4 Å². The van der Waals surface area contributed by atoms with Crippen LogP contribution in [0.2, 0.25) is 0 Å². The minimum absolute atomic E-state index is 0.236. The van der Waals surface area contributed by atoms with E-state index in [0.717, 1.165) is 5.69 Å². The lowest BCUT2D eigenvalue weighted by atomic mass is 10.2. The SMILES string of the molecule is Cn1nnc(Br)c1C(=O)c1cnn(-c2ccccc2)n1. The van der Waals surface area contributed by atoms with Crippen LogP contribution in [0, 0.1) is 0 Å². The van der Waals surface area contributed by atoms with Crippen molar-refractivity contribution >= 4 is 21.7 Å². The molecule has 0 bridgehead atoms. The molecule has 8 heteroatoms. The van der Waals surface area contributed by atoms with E-state index in [4.69, 9.17) is 0 Å². The van der Waals surface area contributed by atoms with Gasteiger partial charge in [0.25, 0.3) is 0 Å².